The van der Waals surface area contributed by atoms with E-state index in [-0.39, 0.29) is 23.8 Å². The third kappa shape index (κ3) is 6.58. The topological polar surface area (TPSA) is 90.2 Å². The highest BCUT2D eigenvalue weighted by molar-refractivity contribution is 5.98. The molecule has 3 atom stereocenters. The second-order valence-electron chi connectivity index (χ2n) is 9.88. The van der Waals surface area contributed by atoms with Crippen LogP contribution in [0.5, 0.6) is 0 Å². The van der Waals surface area contributed by atoms with Gasteiger partial charge in [-0.1, -0.05) is 26.7 Å². The first kappa shape index (κ1) is 24.8. The molecule has 178 valence electrons. The fourth-order valence-corrected chi connectivity index (χ4v) is 4.61. The maximum atomic E-state index is 13.1. The molecule has 2 N–H and O–H groups in total. The number of likely N-dealkylation sites (N-methyl/N-ethyl adjacent to an activating group) is 1. The molecule has 2 aromatic rings. The third-order valence-electron chi connectivity index (χ3n) is 6.42. The van der Waals surface area contributed by atoms with Crippen LogP contribution < -0.4 is 10.6 Å². The molecule has 1 heterocycles. The fourth-order valence-electron chi connectivity index (χ4n) is 4.61. The number of nitrogens with one attached hydrogen (secondary N) is 2. The van der Waals surface area contributed by atoms with E-state index < -0.39 is 6.04 Å². The van der Waals surface area contributed by atoms with Gasteiger partial charge in [-0.3, -0.25) is 9.59 Å². The van der Waals surface area contributed by atoms with Crippen LogP contribution in [0.25, 0.3) is 10.9 Å². The predicted molar refractivity (Wildman–Crippen MR) is 131 cm³/mol. The van der Waals surface area contributed by atoms with E-state index in [0.29, 0.717) is 17.9 Å². The Hall–Kier alpha value is -2.85. The Morgan fingerprint density at radius 2 is 1.97 bits per heavy atom. The molecule has 3 rings (SSSR count). The maximum absolute atomic E-state index is 13.1. The van der Waals surface area contributed by atoms with Crippen molar-refractivity contribution in [3.05, 3.63) is 36.0 Å². The highest BCUT2D eigenvalue weighted by atomic mass is 16.2. The van der Waals surface area contributed by atoms with Crippen molar-refractivity contribution in [1.82, 2.24) is 20.1 Å². The summed E-state index contributed by atoms with van der Waals surface area (Å²) in [6.45, 7) is 5.91. The van der Waals surface area contributed by atoms with Gasteiger partial charge in [-0.25, -0.2) is 0 Å². The Morgan fingerprint density at radius 3 is 2.67 bits per heavy atom. The minimum Gasteiger partial charge on any atom is -0.349 e. The molecule has 7 nitrogen and oxygen atoms in total. The Labute approximate surface area is 197 Å². The fraction of sp³-hybridized carbons (Fsp3) is 0.577. The number of rotatable bonds is 9. The number of fused-ring (bicyclic) bond motifs is 1. The third-order valence-corrected chi connectivity index (χ3v) is 6.42. The predicted octanol–water partition coefficient (Wildman–Crippen LogP) is 3.55. The van der Waals surface area contributed by atoms with Crippen LogP contribution in [0.15, 0.2) is 30.5 Å². The quantitative estimate of drug-likeness (QED) is 0.610. The summed E-state index contributed by atoms with van der Waals surface area (Å²) in [6.07, 6.45) is 6.12. The molecular weight excluding hydrogens is 414 g/mol. The van der Waals surface area contributed by atoms with Crippen molar-refractivity contribution < 1.29 is 9.59 Å². The highest BCUT2D eigenvalue weighted by Crippen LogP contribution is 2.26. The molecule has 0 radical (unpaired) electrons. The summed E-state index contributed by atoms with van der Waals surface area (Å²) < 4.78 is 2.20. The number of carbonyl (C=O) groups excluding carboxylic acids is 2. The Morgan fingerprint density at radius 1 is 1.21 bits per heavy atom. The zero-order valence-corrected chi connectivity index (χ0v) is 20.3. The molecule has 0 bridgehead atoms. The van der Waals surface area contributed by atoms with Gasteiger partial charge in [-0.2, -0.15) is 5.26 Å². The number of benzene rings is 1. The maximum Gasteiger partial charge on any atom is 0.251 e. The number of aromatic nitrogens is 1. The van der Waals surface area contributed by atoms with Crippen molar-refractivity contribution in [1.29, 1.82) is 5.26 Å². The second-order valence-corrected chi connectivity index (χ2v) is 9.88. The summed E-state index contributed by atoms with van der Waals surface area (Å²) >= 11 is 0. The minimum absolute atomic E-state index is 0.124. The number of nitriles is 1. The first-order valence-electron chi connectivity index (χ1n) is 12.0. The molecule has 1 aromatic heterocycles. The van der Waals surface area contributed by atoms with E-state index in [4.69, 9.17) is 0 Å². The van der Waals surface area contributed by atoms with Crippen molar-refractivity contribution >= 4 is 22.7 Å². The molecule has 1 aliphatic carbocycles. The first-order chi connectivity index (χ1) is 15.8. The SMILES string of the molecule is CC(C)CC(C#N)NC(=O)C1CCCCC1NC(=O)c1ccc2c(ccn2CCN(C)C)c1. The molecule has 7 heteroatoms. The highest BCUT2D eigenvalue weighted by Gasteiger charge is 2.33. The van der Waals surface area contributed by atoms with E-state index in [1.807, 2.05) is 38.1 Å². The molecule has 3 unspecified atom stereocenters. The number of carbonyl (C=O) groups is 2. The molecule has 0 aliphatic heterocycles. The zero-order chi connectivity index (χ0) is 24.0. The van der Waals surface area contributed by atoms with Crippen molar-refractivity contribution in [3.8, 4) is 6.07 Å². The van der Waals surface area contributed by atoms with Gasteiger partial charge in [-0.05, 0) is 63.5 Å². The van der Waals surface area contributed by atoms with E-state index in [0.717, 1.165) is 49.7 Å². The van der Waals surface area contributed by atoms with Gasteiger partial charge in [-0.15, -0.1) is 0 Å². The smallest absolute Gasteiger partial charge is 0.251 e. The number of hydrogen-bond acceptors (Lipinski definition) is 4. The van der Waals surface area contributed by atoms with Crippen molar-refractivity contribution in [2.75, 3.05) is 20.6 Å². The number of nitrogens with zero attached hydrogens (tertiary/aromatic N) is 3. The van der Waals surface area contributed by atoms with Gasteiger partial charge in [0.05, 0.1) is 12.0 Å². The van der Waals surface area contributed by atoms with Gasteiger partial charge >= 0.3 is 0 Å². The molecule has 1 saturated carbocycles. The lowest BCUT2D eigenvalue weighted by Crippen LogP contribution is -2.50. The Bertz CT molecular complexity index is 1000. The lowest BCUT2D eigenvalue weighted by molar-refractivity contribution is -0.127. The van der Waals surface area contributed by atoms with Gasteiger partial charge in [0.25, 0.3) is 5.91 Å². The van der Waals surface area contributed by atoms with E-state index in [1.165, 1.54) is 0 Å². The van der Waals surface area contributed by atoms with Gasteiger partial charge in [0.2, 0.25) is 5.91 Å². The zero-order valence-electron chi connectivity index (χ0n) is 20.3. The van der Waals surface area contributed by atoms with Crippen LogP contribution >= 0.6 is 0 Å². The van der Waals surface area contributed by atoms with Crippen LogP contribution in [-0.4, -0.2) is 54.0 Å². The number of hydrogen-bond donors (Lipinski definition) is 2. The standard InChI is InChI=1S/C26H37N5O2/c1-18(2)15-21(17-27)28-26(33)22-7-5-6-8-23(22)29-25(32)20-9-10-24-19(16-20)11-12-31(24)14-13-30(3)4/h9-12,16,18,21-23H,5-8,13-15H2,1-4H3,(H,28,33)(H,29,32). The van der Waals surface area contributed by atoms with Crippen LogP contribution in [0.3, 0.4) is 0 Å². The normalized spacial score (nSPS) is 19.4. The van der Waals surface area contributed by atoms with Crippen molar-refractivity contribution in [2.24, 2.45) is 11.8 Å². The first-order valence-corrected chi connectivity index (χ1v) is 12.0. The molecule has 0 spiro atoms. The summed E-state index contributed by atoms with van der Waals surface area (Å²) in [4.78, 5) is 28.2. The van der Waals surface area contributed by atoms with Crippen LogP contribution in [0.1, 0.15) is 56.3 Å². The largest absolute Gasteiger partial charge is 0.349 e. The van der Waals surface area contributed by atoms with E-state index in [1.54, 1.807) is 0 Å². The van der Waals surface area contributed by atoms with Gasteiger partial charge < -0.3 is 20.1 Å². The summed E-state index contributed by atoms with van der Waals surface area (Å²) in [7, 11) is 4.11. The molecule has 1 aliphatic rings. The van der Waals surface area contributed by atoms with E-state index >= 15 is 0 Å². The molecule has 2 amide bonds. The van der Waals surface area contributed by atoms with E-state index in [9.17, 15) is 14.9 Å². The van der Waals surface area contributed by atoms with Gasteiger partial charge in [0.15, 0.2) is 0 Å². The lowest BCUT2D eigenvalue weighted by atomic mass is 9.83. The van der Waals surface area contributed by atoms with Gasteiger partial charge in [0.1, 0.15) is 6.04 Å². The average Bonchev–Trinajstić information content (AvgIpc) is 3.19. The van der Waals surface area contributed by atoms with Crippen LogP contribution in [-0.2, 0) is 11.3 Å². The van der Waals surface area contributed by atoms with Crippen LogP contribution in [0.2, 0.25) is 0 Å². The average molecular weight is 452 g/mol. The monoisotopic (exact) mass is 451 g/mol. The second kappa shape index (κ2) is 11.3. The molecular formula is C26H37N5O2. The van der Waals surface area contributed by atoms with E-state index in [2.05, 4.69) is 46.5 Å². The summed E-state index contributed by atoms with van der Waals surface area (Å²) in [5.74, 6) is -0.256. The summed E-state index contributed by atoms with van der Waals surface area (Å²) in [5, 5.41) is 16.4. The van der Waals surface area contributed by atoms with Crippen molar-refractivity contribution in [3.63, 3.8) is 0 Å². The molecule has 0 saturated heterocycles. The molecule has 1 aromatic carbocycles. The van der Waals surface area contributed by atoms with Crippen LogP contribution in [0, 0.1) is 23.2 Å². The Balaban J connectivity index is 1.67. The summed E-state index contributed by atoms with van der Waals surface area (Å²) in [6, 6.07) is 9.29. The minimum atomic E-state index is -0.491. The molecule has 33 heavy (non-hydrogen) atoms. The summed E-state index contributed by atoms with van der Waals surface area (Å²) in [5.41, 5.74) is 1.71. The van der Waals surface area contributed by atoms with Crippen LogP contribution in [0.4, 0.5) is 0 Å². The number of amides is 2. The van der Waals surface area contributed by atoms with Crippen molar-refractivity contribution in [2.45, 2.75) is 64.6 Å². The Kier molecular flexibility index (Phi) is 8.51. The lowest BCUT2D eigenvalue weighted by Gasteiger charge is -2.32. The van der Waals surface area contributed by atoms with Gasteiger partial charge in [0, 0.05) is 41.8 Å². The molecule has 1 fully saturated rings.